The lowest BCUT2D eigenvalue weighted by Gasteiger charge is -2.35. The van der Waals surface area contributed by atoms with Gasteiger partial charge in [0.25, 0.3) is 5.91 Å². The number of likely N-dealkylation sites (N-methyl/N-ethyl adjacent to an activating group) is 1. The van der Waals surface area contributed by atoms with Crippen molar-refractivity contribution in [3.05, 3.63) is 70.5 Å². The van der Waals surface area contributed by atoms with Crippen LogP contribution < -0.4 is 0 Å². The van der Waals surface area contributed by atoms with E-state index in [9.17, 15) is 14.0 Å². The minimum atomic E-state index is -0.574. The molecule has 0 aliphatic carbocycles. The van der Waals surface area contributed by atoms with Crippen molar-refractivity contribution in [2.45, 2.75) is 6.54 Å². The van der Waals surface area contributed by atoms with Gasteiger partial charge in [-0.25, -0.2) is 4.39 Å². The number of halogens is 2. The van der Waals surface area contributed by atoms with Crippen LogP contribution >= 0.6 is 11.6 Å². The minimum absolute atomic E-state index is 0.0142. The Labute approximate surface area is 169 Å². The summed E-state index contributed by atoms with van der Waals surface area (Å²) in [6.45, 7) is 2.89. The summed E-state index contributed by atoms with van der Waals surface area (Å²) in [4.78, 5) is 30.3. The van der Waals surface area contributed by atoms with E-state index in [-0.39, 0.29) is 17.4 Å². The Hall–Kier alpha value is -2.44. The van der Waals surface area contributed by atoms with Crippen LogP contribution in [0, 0.1) is 5.82 Å². The predicted molar refractivity (Wildman–Crippen MR) is 107 cm³/mol. The van der Waals surface area contributed by atoms with E-state index < -0.39 is 5.82 Å². The summed E-state index contributed by atoms with van der Waals surface area (Å²) in [6, 6.07) is 13.8. The Morgan fingerprint density at radius 1 is 1.07 bits per heavy atom. The lowest BCUT2D eigenvalue weighted by Crippen LogP contribution is -2.51. The van der Waals surface area contributed by atoms with Crippen LogP contribution in [-0.4, -0.2) is 66.3 Å². The Morgan fingerprint density at radius 2 is 1.75 bits per heavy atom. The first-order valence-electron chi connectivity index (χ1n) is 9.18. The number of amides is 2. The fourth-order valence-corrected chi connectivity index (χ4v) is 3.37. The molecule has 28 heavy (non-hydrogen) atoms. The zero-order valence-electron chi connectivity index (χ0n) is 15.8. The highest BCUT2D eigenvalue weighted by molar-refractivity contribution is 6.31. The molecule has 3 rings (SSSR count). The number of hydrogen-bond acceptors (Lipinski definition) is 3. The highest BCUT2D eigenvalue weighted by Gasteiger charge is 2.25. The molecule has 1 saturated heterocycles. The molecule has 2 aromatic rings. The van der Waals surface area contributed by atoms with E-state index in [0.29, 0.717) is 44.3 Å². The molecule has 0 saturated carbocycles. The Kier molecular flexibility index (Phi) is 6.65. The number of rotatable bonds is 5. The van der Waals surface area contributed by atoms with E-state index >= 15 is 0 Å². The van der Waals surface area contributed by atoms with Crippen molar-refractivity contribution in [2.75, 3.05) is 39.8 Å². The van der Waals surface area contributed by atoms with Crippen molar-refractivity contribution in [3.63, 3.8) is 0 Å². The fourth-order valence-electron chi connectivity index (χ4n) is 3.20. The normalized spacial score (nSPS) is 14.8. The van der Waals surface area contributed by atoms with Gasteiger partial charge in [-0.1, -0.05) is 41.9 Å². The van der Waals surface area contributed by atoms with Crippen LogP contribution in [-0.2, 0) is 11.3 Å². The maximum absolute atomic E-state index is 13.9. The Bertz CT molecular complexity index is 839. The average Bonchev–Trinajstić information content (AvgIpc) is 2.70. The maximum Gasteiger partial charge on any atom is 0.256 e. The van der Waals surface area contributed by atoms with Crippen molar-refractivity contribution < 1.29 is 14.0 Å². The van der Waals surface area contributed by atoms with Crippen molar-refractivity contribution in [1.82, 2.24) is 14.7 Å². The first kappa shape index (κ1) is 20.3. The summed E-state index contributed by atoms with van der Waals surface area (Å²) in [5.41, 5.74) is 1.07. The molecule has 2 amide bonds. The largest absolute Gasteiger partial charge is 0.340 e. The first-order chi connectivity index (χ1) is 13.4. The quantitative estimate of drug-likeness (QED) is 0.771. The molecule has 0 radical (unpaired) electrons. The molecule has 1 fully saturated rings. The summed E-state index contributed by atoms with van der Waals surface area (Å²) in [5, 5.41) is 0.329. The number of nitrogens with zero attached hydrogens (tertiary/aromatic N) is 3. The van der Waals surface area contributed by atoms with Gasteiger partial charge in [0.15, 0.2) is 0 Å². The van der Waals surface area contributed by atoms with E-state index in [1.54, 1.807) is 16.8 Å². The summed E-state index contributed by atoms with van der Waals surface area (Å²) < 4.78 is 13.9. The second-order valence-corrected chi connectivity index (χ2v) is 7.36. The molecule has 7 heteroatoms. The Balaban J connectivity index is 1.50. The van der Waals surface area contributed by atoms with Gasteiger partial charge in [-0.15, -0.1) is 0 Å². The number of carbonyl (C=O) groups is 2. The summed E-state index contributed by atoms with van der Waals surface area (Å²) in [6.07, 6.45) is 0. The molecule has 0 N–H and O–H groups in total. The predicted octanol–water partition coefficient (Wildman–Crippen LogP) is 2.90. The third-order valence-electron chi connectivity index (χ3n) is 4.87. The number of hydrogen-bond donors (Lipinski definition) is 0. The zero-order chi connectivity index (χ0) is 20.1. The molecule has 0 unspecified atom stereocenters. The average molecular weight is 404 g/mol. The number of piperazine rings is 1. The van der Waals surface area contributed by atoms with Gasteiger partial charge in [-0.05, 0) is 23.8 Å². The smallest absolute Gasteiger partial charge is 0.256 e. The molecule has 0 bridgehead atoms. The van der Waals surface area contributed by atoms with Crippen LogP contribution in [0.1, 0.15) is 15.9 Å². The van der Waals surface area contributed by atoms with Gasteiger partial charge in [-0.3, -0.25) is 14.5 Å². The summed E-state index contributed by atoms with van der Waals surface area (Å²) >= 11 is 5.88. The molecular weight excluding hydrogens is 381 g/mol. The molecule has 0 spiro atoms. The van der Waals surface area contributed by atoms with Crippen LogP contribution in [0.5, 0.6) is 0 Å². The molecule has 0 aromatic heterocycles. The van der Waals surface area contributed by atoms with Crippen LogP contribution in [0.2, 0.25) is 5.02 Å². The first-order valence-corrected chi connectivity index (χ1v) is 9.56. The molecule has 1 heterocycles. The molecule has 0 atom stereocenters. The van der Waals surface area contributed by atoms with Crippen LogP contribution in [0.3, 0.4) is 0 Å². The van der Waals surface area contributed by atoms with Gasteiger partial charge >= 0.3 is 0 Å². The maximum atomic E-state index is 13.9. The van der Waals surface area contributed by atoms with Crippen molar-refractivity contribution >= 4 is 23.4 Å². The summed E-state index contributed by atoms with van der Waals surface area (Å²) in [5.74, 6) is -0.911. The topological polar surface area (TPSA) is 43.9 Å². The van der Waals surface area contributed by atoms with E-state index in [0.717, 1.165) is 5.56 Å². The SMILES string of the molecule is CN(Cc1ccccc1)C(=O)CN1CCN(C(=O)c2cc(Cl)ccc2F)CC1. The zero-order valence-corrected chi connectivity index (χ0v) is 16.5. The second-order valence-electron chi connectivity index (χ2n) is 6.93. The standard InChI is InChI=1S/C21H23ClFN3O2/c1-24(14-16-5-3-2-4-6-16)20(27)15-25-9-11-26(12-10-25)21(28)18-13-17(22)7-8-19(18)23/h2-8,13H,9-12,14-15H2,1H3. The van der Waals surface area contributed by atoms with E-state index in [4.69, 9.17) is 11.6 Å². The van der Waals surface area contributed by atoms with Crippen LogP contribution in [0.25, 0.3) is 0 Å². The van der Waals surface area contributed by atoms with Crippen molar-refractivity contribution in [2.24, 2.45) is 0 Å². The monoisotopic (exact) mass is 403 g/mol. The van der Waals surface area contributed by atoms with E-state index in [2.05, 4.69) is 0 Å². The van der Waals surface area contributed by atoms with E-state index in [1.165, 1.54) is 18.2 Å². The third-order valence-corrected chi connectivity index (χ3v) is 5.10. The van der Waals surface area contributed by atoms with Crippen LogP contribution in [0.15, 0.2) is 48.5 Å². The Morgan fingerprint density at radius 3 is 2.43 bits per heavy atom. The molecule has 148 valence electrons. The van der Waals surface area contributed by atoms with Crippen LogP contribution in [0.4, 0.5) is 4.39 Å². The highest BCUT2D eigenvalue weighted by atomic mass is 35.5. The van der Waals surface area contributed by atoms with Gasteiger partial charge in [0.1, 0.15) is 5.82 Å². The molecule has 1 aliphatic heterocycles. The number of benzene rings is 2. The molecule has 5 nitrogen and oxygen atoms in total. The van der Waals surface area contributed by atoms with Gasteiger partial charge in [0.05, 0.1) is 12.1 Å². The molecular formula is C21H23ClFN3O2. The fraction of sp³-hybridized carbons (Fsp3) is 0.333. The van der Waals surface area contributed by atoms with Crippen molar-refractivity contribution in [3.8, 4) is 0 Å². The highest BCUT2D eigenvalue weighted by Crippen LogP contribution is 2.18. The second kappa shape index (κ2) is 9.17. The minimum Gasteiger partial charge on any atom is -0.340 e. The third kappa shape index (κ3) is 5.09. The molecule has 2 aromatic carbocycles. The summed E-state index contributed by atoms with van der Waals surface area (Å²) in [7, 11) is 1.79. The lowest BCUT2D eigenvalue weighted by atomic mass is 10.1. The van der Waals surface area contributed by atoms with Gasteiger partial charge < -0.3 is 9.80 Å². The van der Waals surface area contributed by atoms with E-state index in [1.807, 2.05) is 35.2 Å². The number of carbonyl (C=O) groups excluding carboxylic acids is 2. The van der Waals surface area contributed by atoms with Gasteiger partial charge in [0, 0.05) is 44.8 Å². The van der Waals surface area contributed by atoms with Crippen molar-refractivity contribution in [1.29, 1.82) is 0 Å². The van der Waals surface area contributed by atoms with Gasteiger partial charge in [-0.2, -0.15) is 0 Å². The molecule has 1 aliphatic rings. The lowest BCUT2D eigenvalue weighted by molar-refractivity contribution is -0.132. The van der Waals surface area contributed by atoms with Gasteiger partial charge in [0.2, 0.25) is 5.91 Å².